The lowest BCUT2D eigenvalue weighted by Gasteiger charge is -2.18. The Morgan fingerprint density at radius 1 is 1.58 bits per heavy atom. The first-order valence-corrected chi connectivity index (χ1v) is 3.80. The van der Waals surface area contributed by atoms with E-state index in [0.29, 0.717) is 12.5 Å². The number of nitrogen functional groups attached to an aromatic ring is 1. The summed E-state index contributed by atoms with van der Waals surface area (Å²) in [5.41, 5.74) is 4.74. The second-order valence-electron chi connectivity index (χ2n) is 2.90. The Balaban J connectivity index is 2.81. The normalized spacial score (nSPS) is 11.9. The Morgan fingerprint density at radius 3 is 2.67 bits per heavy atom. The molecule has 0 aromatic carbocycles. The van der Waals surface area contributed by atoms with Gasteiger partial charge in [0.2, 0.25) is 0 Å². The standard InChI is InChI=1S/C7H13N3O2/c1-4-11-7(2,3)5-9-6(8)10-12-5/h4H2,1-3H3,(H2,8,10). The van der Waals surface area contributed by atoms with E-state index in [1.54, 1.807) is 0 Å². The fourth-order valence-corrected chi connectivity index (χ4v) is 0.902. The van der Waals surface area contributed by atoms with Crippen LogP contribution in [-0.2, 0) is 10.3 Å². The molecule has 12 heavy (non-hydrogen) atoms. The molecule has 5 heteroatoms. The van der Waals surface area contributed by atoms with Gasteiger partial charge in [-0.25, -0.2) is 0 Å². The van der Waals surface area contributed by atoms with Crippen molar-refractivity contribution in [2.75, 3.05) is 12.3 Å². The molecule has 0 amide bonds. The van der Waals surface area contributed by atoms with Crippen molar-refractivity contribution in [2.24, 2.45) is 0 Å². The molecule has 1 rings (SSSR count). The summed E-state index contributed by atoms with van der Waals surface area (Å²) in [6.07, 6.45) is 0. The Hall–Kier alpha value is -1.10. The van der Waals surface area contributed by atoms with Crippen molar-refractivity contribution in [3.8, 4) is 0 Å². The van der Waals surface area contributed by atoms with Crippen LogP contribution in [0, 0.1) is 0 Å². The molecule has 1 aromatic rings. The predicted octanol–water partition coefficient (Wildman–Crippen LogP) is 0.923. The molecule has 0 atom stereocenters. The topological polar surface area (TPSA) is 74.2 Å². The number of aromatic nitrogens is 2. The zero-order valence-electron chi connectivity index (χ0n) is 7.50. The largest absolute Gasteiger partial charge is 0.366 e. The first-order chi connectivity index (χ1) is 5.56. The average Bonchev–Trinajstić information content (AvgIpc) is 2.36. The fraction of sp³-hybridized carbons (Fsp3) is 0.714. The lowest BCUT2D eigenvalue weighted by atomic mass is 10.1. The van der Waals surface area contributed by atoms with Gasteiger partial charge >= 0.3 is 0 Å². The Morgan fingerprint density at radius 2 is 2.25 bits per heavy atom. The van der Waals surface area contributed by atoms with Gasteiger partial charge in [-0.1, -0.05) is 0 Å². The Labute approximate surface area is 70.9 Å². The van der Waals surface area contributed by atoms with Gasteiger partial charge in [-0.2, -0.15) is 4.98 Å². The third-order valence-corrected chi connectivity index (χ3v) is 1.46. The number of hydrogen-bond acceptors (Lipinski definition) is 5. The van der Waals surface area contributed by atoms with Crippen LogP contribution in [0.4, 0.5) is 5.95 Å². The Bertz CT molecular complexity index is 257. The van der Waals surface area contributed by atoms with Crippen LogP contribution in [0.2, 0.25) is 0 Å². The Kier molecular flexibility index (Phi) is 2.32. The van der Waals surface area contributed by atoms with Gasteiger partial charge in [-0.3, -0.25) is 0 Å². The summed E-state index contributed by atoms with van der Waals surface area (Å²) in [4.78, 5) is 3.88. The molecule has 5 nitrogen and oxygen atoms in total. The van der Waals surface area contributed by atoms with Crippen LogP contribution < -0.4 is 5.73 Å². The van der Waals surface area contributed by atoms with Gasteiger partial charge in [0, 0.05) is 6.61 Å². The maximum atomic E-state index is 5.38. The number of nitrogens with two attached hydrogens (primary N) is 1. The van der Waals surface area contributed by atoms with Gasteiger partial charge < -0.3 is 15.0 Å². The number of ether oxygens (including phenoxy) is 1. The van der Waals surface area contributed by atoms with Crippen LogP contribution in [0.25, 0.3) is 0 Å². The highest BCUT2D eigenvalue weighted by Gasteiger charge is 2.27. The van der Waals surface area contributed by atoms with Crippen molar-refractivity contribution in [3.05, 3.63) is 5.89 Å². The molecule has 0 saturated heterocycles. The molecule has 2 N–H and O–H groups in total. The second kappa shape index (κ2) is 3.10. The van der Waals surface area contributed by atoms with Crippen molar-refractivity contribution in [3.63, 3.8) is 0 Å². The van der Waals surface area contributed by atoms with Crippen LogP contribution in [0.3, 0.4) is 0 Å². The van der Waals surface area contributed by atoms with E-state index >= 15 is 0 Å². The van der Waals surface area contributed by atoms with Gasteiger partial charge in [-0.05, 0) is 25.9 Å². The van der Waals surface area contributed by atoms with Crippen molar-refractivity contribution in [1.82, 2.24) is 10.1 Å². The molecule has 0 spiro atoms. The molecule has 0 aliphatic carbocycles. The maximum absolute atomic E-state index is 5.38. The van der Waals surface area contributed by atoms with E-state index < -0.39 is 5.60 Å². The molecular formula is C7H13N3O2. The minimum Gasteiger partial charge on any atom is -0.366 e. The van der Waals surface area contributed by atoms with Crippen molar-refractivity contribution in [2.45, 2.75) is 26.4 Å². The molecule has 0 bridgehead atoms. The molecule has 0 radical (unpaired) electrons. The van der Waals surface area contributed by atoms with E-state index in [-0.39, 0.29) is 5.95 Å². The summed E-state index contributed by atoms with van der Waals surface area (Å²) in [6.45, 7) is 6.20. The van der Waals surface area contributed by atoms with Gasteiger partial charge in [0.25, 0.3) is 11.8 Å². The zero-order valence-corrected chi connectivity index (χ0v) is 7.50. The highest BCUT2D eigenvalue weighted by atomic mass is 16.5. The summed E-state index contributed by atoms with van der Waals surface area (Å²) in [5.74, 6) is 0.541. The van der Waals surface area contributed by atoms with Crippen LogP contribution in [-0.4, -0.2) is 16.7 Å². The van der Waals surface area contributed by atoms with E-state index in [4.69, 9.17) is 15.0 Å². The molecule has 0 aliphatic heterocycles. The van der Waals surface area contributed by atoms with Gasteiger partial charge in [-0.15, -0.1) is 0 Å². The molecule has 0 aliphatic rings. The van der Waals surface area contributed by atoms with Crippen LogP contribution in [0.15, 0.2) is 4.52 Å². The van der Waals surface area contributed by atoms with Gasteiger partial charge in [0.05, 0.1) is 0 Å². The summed E-state index contributed by atoms with van der Waals surface area (Å²) in [5, 5.41) is 3.48. The van der Waals surface area contributed by atoms with Crippen molar-refractivity contribution in [1.29, 1.82) is 0 Å². The van der Waals surface area contributed by atoms with E-state index in [0.717, 1.165) is 0 Å². The van der Waals surface area contributed by atoms with E-state index in [9.17, 15) is 0 Å². The smallest absolute Gasteiger partial charge is 0.260 e. The maximum Gasteiger partial charge on any atom is 0.260 e. The quantitative estimate of drug-likeness (QED) is 0.732. The zero-order chi connectivity index (χ0) is 9.19. The third-order valence-electron chi connectivity index (χ3n) is 1.46. The summed E-state index contributed by atoms with van der Waals surface area (Å²) < 4.78 is 10.2. The number of nitrogens with zero attached hydrogens (tertiary/aromatic N) is 2. The van der Waals surface area contributed by atoms with Crippen LogP contribution in [0.1, 0.15) is 26.7 Å². The first-order valence-electron chi connectivity index (χ1n) is 3.80. The summed E-state index contributed by atoms with van der Waals surface area (Å²) in [7, 11) is 0. The summed E-state index contributed by atoms with van der Waals surface area (Å²) >= 11 is 0. The molecule has 1 aromatic heterocycles. The molecular weight excluding hydrogens is 158 g/mol. The lowest BCUT2D eigenvalue weighted by Crippen LogP contribution is -2.22. The summed E-state index contributed by atoms with van der Waals surface area (Å²) in [6, 6.07) is 0. The molecule has 68 valence electrons. The average molecular weight is 171 g/mol. The molecule has 0 unspecified atom stereocenters. The number of anilines is 1. The SMILES string of the molecule is CCOC(C)(C)c1nc(N)no1. The highest BCUT2D eigenvalue weighted by Crippen LogP contribution is 2.22. The minimum atomic E-state index is -0.556. The number of hydrogen-bond donors (Lipinski definition) is 1. The van der Waals surface area contributed by atoms with E-state index in [1.807, 2.05) is 20.8 Å². The van der Waals surface area contributed by atoms with E-state index in [2.05, 4.69) is 10.1 Å². The first kappa shape index (κ1) is 8.99. The predicted molar refractivity (Wildman–Crippen MR) is 43.4 cm³/mol. The highest BCUT2D eigenvalue weighted by molar-refractivity contribution is 5.12. The minimum absolute atomic E-state index is 0.137. The monoisotopic (exact) mass is 171 g/mol. The number of rotatable bonds is 3. The fourth-order valence-electron chi connectivity index (χ4n) is 0.902. The molecule has 0 saturated carbocycles. The lowest BCUT2D eigenvalue weighted by molar-refractivity contribution is -0.0370. The van der Waals surface area contributed by atoms with Gasteiger partial charge in [0.15, 0.2) is 0 Å². The van der Waals surface area contributed by atoms with Gasteiger partial charge in [0.1, 0.15) is 5.60 Å². The molecule has 1 heterocycles. The van der Waals surface area contributed by atoms with Crippen molar-refractivity contribution >= 4 is 5.95 Å². The van der Waals surface area contributed by atoms with Crippen LogP contribution >= 0.6 is 0 Å². The van der Waals surface area contributed by atoms with Crippen LogP contribution in [0.5, 0.6) is 0 Å². The van der Waals surface area contributed by atoms with Crippen molar-refractivity contribution < 1.29 is 9.26 Å². The van der Waals surface area contributed by atoms with E-state index in [1.165, 1.54) is 0 Å². The molecule has 0 fully saturated rings. The second-order valence-corrected chi connectivity index (χ2v) is 2.90. The third kappa shape index (κ3) is 1.73.